The molecule has 49 heavy (non-hydrogen) atoms. The number of aliphatic carboxylic acids is 4. The van der Waals surface area contributed by atoms with Crippen LogP contribution in [0, 0.1) is 62.5 Å². The summed E-state index contributed by atoms with van der Waals surface area (Å²) in [5.41, 5.74) is 1.51. The molecule has 0 aliphatic rings. The van der Waals surface area contributed by atoms with Crippen LogP contribution in [0.15, 0.2) is 0 Å². The molecule has 0 aromatic heterocycles. The van der Waals surface area contributed by atoms with E-state index < -0.39 is 23.9 Å². The molecular formula is C40H76NdO8-4. The number of carbonyl (C=O) groups is 4. The number of hydrogen-bond donors (Lipinski definition) is 0. The molecule has 292 valence electrons. The molecule has 0 unspecified atom stereocenters. The molecule has 0 heterocycles. The van der Waals surface area contributed by atoms with E-state index in [1.54, 1.807) is 0 Å². The molecule has 0 aromatic rings. The van der Waals surface area contributed by atoms with Crippen LogP contribution in [0.2, 0.25) is 0 Å². The van der Waals surface area contributed by atoms with E-state index in [1.165, 1.54) is 25.7 Å². The van der Waals surface area contributed by atoms with Gasteiger partial charge in [-0.15, -0.1) is 0 Å². The van der Waals surface area contributed by atoms with Crippen molar-refractivity contribution in [3.63, 3.8) is 0 Å². The van der Waals surface area contributed by atoms with Gasteiger partial charge in [-0.05, 0) is 98.7 Å². The van der Waals surface area contributed by atoms with Gasteiger partial charge in [-0.3, -0.25) is 0 Å². The minimum absolute atomic E-state index is 0. The van der Waals surface area contributed by atoms with Gasteiger partial charge in [-0.25, -0.2) is 0 Å². The van der Waals surface area contributed by atoms with Crippen LogP contribution in [0.3, 0.4) is 0 Å². The topological polar surface area (TPSA) is 161 Å². The van der Waals surface area contributed by atoms with Gasteiger partial charge in [-0.1, -0.05) is 134 Å². The minimum atomic E-state index is -0.925. The Balaban J connectivity index is -0.000000174. The van der Waals surface area contributed by atoms with E-state index in [4.69, 9.17) is 0 Å². The third kappa shape index (κ3) is 77.8. The number of carboxylic acids is 4. The maximum atomic E-state index is 10.0. The third-order valence-corrected chi connectivity index (χ3v) is 7.23. The Bertz CT molecular complexity index is 676. The fraction of sp³-hybridized carbons (Fsp3) is 0.900. The van der Waals surface area contributed by atoms with Crippen molar-refractivity contribution >= 4 is 23.9 Å². The molecule has 0 aliphatic heterocycles. The maximum absolute atomic E-state index is 10.0. The quantitative estimate of drug-likeness (QED) is 0.120. The molecule has 9 heteroatoms. The maximum Gasteiger partial charge on any atom is 0.0414 e. The largest absolute Gasteiger partial charge is 0.550 e. The van der Waals surface area contributed by atoms with Gasteiger partial charge in [0.2, 0.25) is 0 Å². The summed E-state index contributed by atoms with van der Waals surface area (Å²) < 4.78 is 0. The Hall–Kier alpha value is -0.769. The summed E-state index contributed by atoms with van der Waals surface area (Å²) in [6, 6.07) is 0. The minimum Gasteiger partial charge on any atom is -0.550 e. The standard InChI is InChI=1S/4C10H20O2.Nd/c4*1-10(2,3)8-6-4-5-7-9(11)12;/h4*4-8H2,1-3H3,(H,11,12);/p-4. The number of carboxylic acid groups (broad SMARTS) is 4. The van der Waals surface area contributed by atoms with E-state index in [0.29, 0.717) is 21.7 Å². The predicted molar refractivity (Wildman–Crippen MR) is 190 cm³/mol. The molecule has 0 rings (SSSR count). The van der Waals surface area contributed by atoms with Crippen LogP contribution in [-0.4, -0.2) is 23.9 Å². The Morgan fingerprint density at radius 2 is 0.449 bits per heavy atom. The van der Waals surface area contributed by atoms with Crippen LogP contribution < -0.4 is 20.4 Å². The average Bonchev–Trinajstić information content (AvgIpc) is 2.85. The van der Waals surface area contributed by atoms with Crippen LogP contribution in [0.4, 0.5) is 0 Å². The molecule has 0 amide bonds. The van der Waals surface area contributed by atoms with Crippen molar-refractivity contribution in [3.05, 3.63) is 0 Å². The fourth-order valence-corrected chi connectivity index (χ4v) is 4.41. The first-order valence-electron chi connectivity index (χ1n) is 18.5. The summed E-state index contributed by atoms with van der Waals surface area (Å²) in [6.07, 6.45) is 17.1. The summed E-state index contributed by atoms with van der Waals surface area (Å²) in [5.74, 6) is -3.70. The summed E-state index contributed by atoms with van der Waals surface area (Å²) in [4.78, 5) is 40.2. The number of unbranched alkanes of at least 4 members (excludes halogenated alkanes) is 8. The molecule has 0 bridgehead atoms. The molecule has 0 saturated heterocycles. The predicted octanol–water partition coefficient (Wildman–Crippen LogP) is 6.93. The van der Waals surface area contributed by atoms with Gasteiger partial charge in [0.15, 0.2) is 0 Å². The van der Waals surface area contributed by atoms with Crippen LogP contribution >= 0.6 is 0 Å². The van der Waals surface area contributed by atoms with Crippen molar-refractivity contribution in [1.82, 2.24) is 0 Å². The van der Waals surface area contributed by atoms with Crippen molar-refractivity contribution in [2.75, 3.05) is 0 Å². The summed E-state index contributed by atoms with van der Waals surface area (Å²) in [5, 5.41) is 40.2. The SMILES string of the molecule is CC(C)(C)CCCCCC(=O)[O-].CC(C)(C)CCCCCC(=O)[O-].CC(C)(C)CCCCCC(=O)[O-].CC(C)(C)CCCCCC(=O)[O-].[Nd]. The van der Waals surface area contributed by atoms with Crippen molar-refractivity contribution in [2.24, 2.45) is 21.7 Å². The zero-order chi connectivity index (χ0) is 38.5. The van der Waals surface area contributed by atoms with Crippen LogP contribution in [0.25, 0.3) is 0 Å². The van der Waals surface area contributed by atoms with Crippen molar-refractivity contribution < 1.29 is 80.4 Å². The van der Waals surface area contributed by atoms with Gasteiger partial charge >= 0.3 is 0 Å². The smallest absolute Gasteiger partial charge is 0.0414 e. The van der Waals surface area contributed by atoms with Crippen molar-refractivity contribution in [3.8, 4) is 0 Å². The fourth-order valence-electron chi connectivity index (χ4n) is 4.41. The van der Waals surface area contributed by atoms with E-state index in [0.717, 1.165) is 77.0 Å². The van der Waals surface area contributed by atoms with Crippen LogP contribution in [0.1, 0.15) is 212 Å². The average molecular weight is 829 g/mol. The first kappa shape index (κ1) is 57.6. The van der Waals surface area contributed by atoms with E-state index >= 15 is 0 Å². The second-order valence-electron chi connectivity index (χ2n) is 18.0. The third-order valence-electron chi connectivity index (χ3n) is 7.23. The van der Waals surface area contributed by atoms with Gasteiger partial charge < -0.3 is 39.6 Å². The monoisotopic (exact) mass is 826 g/mol. The molecule has 0 fully saturated rings. The molecule has 0 aliphatic carbocycles. The normalized spacial score (nSPS) is 11.3. The zero-order valence-electron chi connectivity index (χ0n) is 33.9. The van der Waals surface area contributed by atoms with E-state index in [9.17, 15) is 39.6 Å². The Kier molecular flexibility index (Phi) is 38.9. The molecule has 0 spiro atoms. The number of rotatable bonds is 20. The second kappa shape index (κ2) is 33.1. The molecule has 0 N–H and O–H groups in total. The summed E-state index contributed by atoms with van der Waals surface area (Å²) in [6.45, 7) is 26.4. The van der Waals surface area contributed by atoms with Gasteiger partial charge in [0.1, 0.15) is 0 Å². The Labute approximate surface area is 335 Å². The Morgan fingerprint density at radius 3 is 0.551 bits per heavy atom. The first-order chi connectivity index (χ1) is 21.7. The first-order valence-corrected chi connectivity index (χ1v) is 18.5. The van der Waals surface area contributed by atoms with Crippen LogP contribution in [0.5, 0.6) is 0 Å². The number of hydrogen-bond acceptors (Lipinski definition) is 8. The molecule has 0 aromatic carbocycles. The van der Waals surface area contributed by atoms with Crippen molar-refractivity contribution in [1.29, 1.82) is 0 Å². The van der Waals surface area contributed by atoms with E-state index in [-0.39, 0.29) is 66.5 Å². The molecule has 8 nitrogen and oxygen atoms in total. The van der Waals surface area contributed by atoms with Crippen LogP contribution in [-0.2, 0) is 19.2 Å². The zero-order valence-corrected chi connectivity index (χ0v) is 37.1. The van der Waals surface area contributed by atoms with Crippen molar-refractivity contribution in [2.45, 2.75) is 212 Å². The summed E-state index contributed by atoms with van der Waals surface area (Å²) >= 11 is 0. The van der Waals surface area contributed by atoms with E-state index in [1.807, 2.05) is 0 Å². The van der Waals surface area contributed by atoms with Gasteiger partial charge in [0, 0.05) is 64.7 Å². The van der Waals surface area contributed by atoms with Gasteiger partial charge in [0.05, 0.1) is 0 Å². The molecule has 0 atom stereocenters. The van der Waals surface area contributed by atoms with Gasteiger partial charge in [-0.2, -0.15) is 0 Å². The Morgan fingerprint density at radius 1 is 0.306 bits per heavy atom. The van der Waals surface area contributed by atoms with Gasteiger partial charge in [0.25, 0.3) is 0 Å². The molecule has 0 radical (unpaired) electrons. The van der Waals surface area contributed by atoms with E-state index in [2.05, 4.69) is 83.1 Å². The number of carbonyl (C=O) groups excluding carboxylic acids is 4. The molecule has 0 saturated carbocycles. The second-order valence-corrected chi connectivity index (χ2v) is 18.0. The summed E-state index contributed by atoms with van der Waals surface area (Å²) in [7, 11) is 0. The molecular weight excluding hydrogens is 753 g/mol.